The zero-order chi connectivity index (χ0) is 22.3. The van der Waals surface area contributed by atoms with Crippen LogP contribution in [0.25, 0.3) is 5.13 Å². The van der Waals surface area contributed by atoms with Gasteiger partial charge in [0.05, 0.1) is 15.5 Å². The van der Waals surface area contributed by atoms with Crippen molar-refractivity contribution in [3.05, 3.63) is 63.6 Å². The summed E-state index contributed by atoms with van der Waals surface area (Å²) in [6.07, 6.45) is 1.72. The van der Waals surface area contributed by atoms with Gasteiger partial charge in [-0.25, -0.2) is 17.8 Å². The summed E-state index contributed by atoms with van der Waals surface area (Å²) in [5, 5.41) is 2.43. The van der Waals surface area contributed by atoms with Crippen LogP contribution in [0.15, 0.2) is 40.7 Å². The third-order valence-electron chi connectivity index (χ3n) is 5.33. The van der Waals surface area contributed by atoms with Crippen LogP contribution in [-0.2, 0) is 10.0 Å². The normalized spacial score (nSPS) is 15.4. The highest BCUT2D eigenvalue weighted by Crippen LogP contribution is 2.26. The zero-order valence-corrected chi connectivity index (χ0v) is 19.3. The van der Waals surface area contributed by atoms with Crippen molar-refractivity contribution in [1.29, 1.82) is 0 Å². The van der Waals surface area contributed by atoms with E-state index < -0.39 is 15.8 Å². The lowest BCUT2D eigenvalue weighted by molar-refractivity contribution is 0.0697. The van der Waals surface area contributed by atoms with Crippen molar-refractivity contribution < 1.29 is 17.6 Å². The number of aryl methyl sites for hydroxylation is 1. The van der Waals surface area contributed by atoms with Gasteiger partial charge in [0.2, 0.25) is 10.0 Å². The molecule has 11 heteroatoms. The lowest BCUT2D eigenvalue weighted by atomic mass is 10.2. The fourth-order valence-electron chi connectivity index (χ4n) is 3.69. The van der Waals surface area contributed by atoms with Crippen LogP contribution in [0, 0.1) is 19.7 Å². The average molecular weight is 483 g/mol. The summed E-state index contributed by atoms with van der Waals surface area (Å²) in [5.74, 6) is -0.816. The molecule has 0 atom stereocenters. The molecule has 0 unspecified atom stereocenters. The van der Waals surface area contributed by atoms with Gasteiger partial charge < -0.3 is 4.90 Å². The average Bonchev–Trinajstić information content (AvgIpc) is 3.37. The predicted molar refractivity (Wildman–Crippen MR) is 117 cm³/mol. The second-order valence-corrected chi connectivity index (χ2v) is 10.4. The van der Waals surface area contributed by atoms with Crippen LogP contribution in [0.4, 0.5) is 4.39 Å². The smallest absolute Gasteiger partial charge is 0.255 e. The van der Waals surface area contributed by atoms with Gasteiger partial charge in [0, 0.05) is 49.1 Å². The second kappa shape index (κ2) is 8.34. The molecule has 4 rings (SSSR count). The molecule has 2 aromatic heterocycles. The van der Waals surface area contributed by atoms with Gasteiger partial charge in [-0.15, -0.1) is 11.3 Å². The first-order valence-corrected chi connectivity index (χ1v) is 12.2. The Hall–Kier alpha value is -2.27. The van der Waals surface area contributed by atoms with Gasteiger partial charge in [0.15, 0.2) is 5.13 Å². The number of piperazine rings is 1. The number of aromatic nitrogens is 2. The van der Waals surface area contributed by atoms with E-state index >= 15 is 0 Å². The van der Waals surface area contributed by atoms with Gasteiger partial charge in [0.1, 0.15) is 5.82 Å². The maximum atomic E-state index is 13.4. The summed E-state index contributed by atoms with van der Waals surface area (Å²) < 4.78 is 42.4. The number of sulfonamides is 1. The van der Waals surface area contributed by atoms with E-state index in [1.165, 1.54) is 21.7 Å². The zero-order valence-electron chi connectivity index (χ0n) is 16.9. The van der Waals surface area contributed by atoms with Gasteiger partial charge in [-0.3, -0.25) is 9.36 Å². The number of nitrogens with zero attached hydrogens (tertiary/aromatic N) is 4. The molecule has 1 aliphatic heterocycles. The minimum atomic E-state index is -3.82. The molecule has 3 heterocycles. The standard InChI is InChI=1S/C20H20ClFN4O3S2/c1-13-11-16(14(2)26(13)20-23-5-10-30-20)19(27)24-6-8-25(9-7-24)31(28,29)15-3-4-18(22)17(21)12-15/h3-5,10-12H,6-9H2,1-2H3. The molecule has 164 valence electrons. The fourth-order valence-corrected chi connectivity index (χ4v) is 6.13. The van der Waals surface area contributed by atoms with Crippen LogP contribution < -0.4 is 0 Å². The topological polar surface area (TPSA) is 75.5 Å². The number of benzene rings is 1. The highest BCUT2D eigenvalue weighted by Gasteiger charge is 2.32. The summed E-state index contributed by atoms with van der Waals surface area (Å²) in [6.45, 7) is 4.61. The van der Waals surface area contributed by atoms with E-state index in [9.17, 15) is 17.6 Å². The van der Waals surface area contributed by atoms with Gasteiger partial charge in [-0.1, -0.05) is 11.6 Å². The van der Waals surface area contributed by atoms with Crippen molar-refractivity contribution in [2.75, 3.05) is 26.2 Å². The molecule has 1 fully saturated rings. The molecule has 3 aromatic rings. The third kappa shape index (κ3) is 4.00. The maximum absolute atomic E-state index is 13.4. The van der Waals surface area contributed by atoms with Crippen molar-refractivity contribution in [1.82, 2.24) is 18.8 Å². The Morgan fingerprint density at radius 3 is 2.48 bits per heavy atom. The van der Waals surface area contributed by atoms with Crippen molar-refractivity contribution in [3.63, 3.8) is 0 Å². The Morgan fingerprint density at radius 2 is 1.87 bits per heavy atom. The summed E-state index contributed by atoms with van der Waals surface area (Å²) in [6, 6.07) is 5.18. The molecular formula is C20H20ClFN4O3S2. The van der Waals surface area contributed by atoms with E-state index in [0.29, 0.717) is 5.56 Å². The fraction of sp³-hybridized carbons (Fsp3) is 0.300. The molecule has 0 saturated carbocycles. The molecule has 0 radical (unpaired) electrons. The first-order valence-electron chi connectivity index (χ1n) is 9.53. The number of thiazole rings is 1. The predicted octanol–water partition coefficient (Wildman–Crippen LogP) is 3.49. The Bertz CT molecular complexity index is 1230. The monoisotopic (exact) mass is 482 g/mol. The molecule has 31 heavy (non-hydrogen) atoms. The van der Waals surface area contributed by atoms with E-state index in [2.05, 4.69) is 4.98 Å². The largest absolute Gasteiger partial charge is 0.336 e. The van der Waals surface area contributed by atoms with Crippen LogP contribution >= 0.6 is 22.9 Å². The molecule has 0 aliphatic carbocycles. The highest BCUT2D eigenvalue weighted by molar-refractivity contribution is 7.89. The summed E-state index contributed by atoms with van der Waals surface area (Å²) in [4.78, 5) is 19.0. The van der Waals surface area contributed by atoms with Crippen molar-refractivity contribution in [2.24, 2.45) is 0 Å². The first kappa shape index (κ1) is 21.9. The van der Waals surface area contributed by atoms with Crippen molar-refractivity contribution >= 4 is 38.9 Å². The molecule has 1 amide bonds. The minimum Gasteiger partial charge on any atom is -0.336 e. The van der Waals surface area contributed by atoms with E-state index in [-0.39, 0.29) is 42.0 Å². The highest BCUT2D eigenvalue weighted by atomic mass is 35.5. The number of rotatable bonds is 4. The van der Waals surface area contributed by atoms with Crippen molar-refractivity contribution in [2.45, 2.75) is 18.7 Å². The number of carbonyl (C=O) groups excluding carboxylic acids is 1. The second-order valence-electron chi connectivity index (χ2n) is 7.21. The molecule has 0 spiro atoms. The lowest BCUT2D eigenvalue weighted by Gasteiger charge is -2.34. The molecule has 1 saturated heterocycles. The summed E-state index contributed by atoms with van der Waals surface area (Å²) in [5.41, 5.74) is 2.29. The Kier molecular flexibility index (Phi) is 5.91. The van der Waals surface area contributed by atoms with Gasteiger partial charge in [-0.05, 0) is 38.1 Å². The summed E-state index contributed by atoms with van der Waals surface area (Å²) in [7, 11) is -3.82. The maximum Gasteiger partial charge on any atom is 0.255 e. The lowest BCUT2D eigenvalue weighted by Crippen LogP contribution is -2.50. The molecular weight excluding hydrogens is 463 g/mol. The Labute approximate surface area is 188 Å². The van der Waals surface area contributed by atoms with Gasteiger partial charge in [-0.2, -0.15) is 4.31 Å². The molecule has 0 N–H and O–H groups in total. The Balaban J connectivity index is 1.50. The Morgan fingerprint density at radius 1 is 1.16 bits per heavy atom. The van der Waals surface area contributed by atoms with E-state index in [1.54, 1.807) is 11.1 Å². The van der Waals surface area contributed by atoms with Crippen LogP contribution in [0.1, 0.15) is 21.7 Å². The number of hydrogen-bond acceptors (Lipinski definition) is 5. The van der Waals surface area contributed by atoms with Gasteiger partial charge >= 0.3 is 0 Å². The number of amides is 1. The number of halogens is 2. The number of carbonyl (C=O) groups is 1. The van der Waals surface area contributed by atoms with Gasteiger partial charge in [0.25, 0.3) is 5.91 Å². The van der Waals surface area contributed by atoms with Crippen LogP contribution in [0.2, 0.25) is 5.02 Å². The minimum absolute atomic E-state index is 0.0642. The third-order valence-corrected chi connectivity index (χ3v) is 8.27. The van der Waals surface area contributed by atoms with E-state index in [1.807, 2.05) is 29.9 Å². The van der Waals surface area contributed by atoms with Crippen LogP contribution in [0.3, 0.4) is 0 Å². The molecule has 0 bridgehead atoms. The molecule has 7 nitrogen and oxygen atoms in total. The summed E-state index contributed by atoms with van der Waals surface area (Å²) >= 11 is 7.23. The van der Waals surface area contributed by atoms with E-state index in [0.717, 1.165) is 28.7 Å². The molecule has 1 aliphatic rings. The van der Waals surface area contributed by atoms with Crippen LogP contribution in [-0.4, -0.2) is 59.3 Å². The molecule has 1 aromatic carbocycles. The quantitative estimate of drug-likeness (QED) is 0.570. The van der Waals surface area contributed by atoms with E-state index in [4.69, 9.17) is 11.6 Å². The first-order chi connectivity index (χ1) is 14.7. The number of hydrogen-bond donors (Lipinski definition) is 0. The SMILES string of the molecule is Cc1cc(C(=O)N2CCN(S(=O)(=O)c3ccc(F)c(Cl)c3)CC2)c(C)n1-c1nccs1. The van der Waals surface area contributed by atoms with Crippen molar-refractivity contribution in [3.8, 4) is 5.13 Å². The van der Waals surface area contributed by atoms with Crippen LogP contribution in [0.5, 0.6) is 0 Å².